The van der Waals surface area contributed by atoms with Crippen LogP contribution in [0.4, 0.5) is 18.9 Å². The van der Waals surface area contributed by atoms with Gasteiger partial charge >= 0.3 is 11.9 Å². The lowest BCUT2D eigenvalue weighted by Crippen LogP contribution is -2.43. The Morgan fingerprint density at radius 3 is 2.33 bits per heavy atom. The standard InChI is InChI=1S/C25H24F3N5O3/c1-16(2)12-31-15-29-22-21(31)23(35)33(24(36)32(22)13-17-8-4-3-5-9-17)14-20(34)30-19-11-7-6-10-18(19)25(26,27)28/h3-11,15-16H,12-14H2,1-2H3,(H,30,34). The van der Waals surface area contributed by atoms with Crippen LogP contribution in [0, 0.1) is 5.92 Å². The minimum atomic E-state index is -4.69. The second-order valence-corrected chi connectivity index (χ2v) is 8.80. The molecular weight excluding hydrogens is 475 g/mol. The summed E-state index contributed by atoms with van der Waals surface area (Å²) in [5.74, 6) is -0.779. The number of aromatic nitrogens is 4. The topological polar surface area (TPSA) is 90.9 Å². The number of rotatable bonds is 7. The first-order valence-electron chi connectivity index (χ1n) is 11.2. The van der Waals surface area contributed by atoms with Crippen molar-refractivity contribution in [3.05, 3.63) is 92.9 Å². The number of fused-ring (bicyclic) bond motifs is 1. The van der Waals surface area contributed by atoms with Crippen LogP contribution in [0.15, 0.2) is 70.5 Å². The number of hydrogen-bond acceptors (Lipinski definition) is 4. The first-order chi connectivity index (χ1) is 17.1. The number of nitrogens with zero attached hydrogens (tertiary/aromatic N) is 4. The van der Waals surface area contributed by atoms with Crippen molar-refractivity contribution in [1.29, 1.82) is 0 Å². The number of para-hydroxylation sites is 1. The maximum absolute atomic E-state index is 13.4. The van der Waals surface area contributed by atoms with E-state index in [-0.39, 0.29) is 23.6 Å². The van der Waals surface area contributed by atoms with Crippen molar-refractivity contribution >= 4 is 22.8 Å². The SMILES string of the molecule is CC(C)Cn1cnc2c1c(=O)n(CC(=O)Nc1ccccc1C(F)(F)F)c(=O)n2Cc1ccccc1. The molecule has 2 aromatic carbocycles. The summed E-state index contributed by atoms with van der Waals surface area (Å²) < 4.78 is 43.6. The summed E-state index contributed by atoms with van der Waals surface area (Å²) in [4.78, 5) is 43.8. The van der Waals surface area contributed by atoms with E-state index in [2.05, 4.69) is 10.3 Å². The van der Waals surface area contributed by atoms with Crippen molar-refractivity contribution < 1.29 is 18.0 Å². The molecule has 0 saturated carbocycles. The summed E-state index contributed by atoms with van der Waals surface area (Å²) in [6.07, 6.45) is -3.22. The third kappa shape index (κ3) is 5.09. The lowest BCUT2D eigenvalue weighted by molar-refractivity contribution is -0.137. The Morgan fingerprint density at radius 2 is 1.67 bits per heavy atom. The van der Waals surface area contributed by atoms with Crippen molar-refractivity contribution in [3.8, 4) is 0 Å². The molecule has 2 aromatic heterocycles. The van der Waals surface area contributed by atoms with Crippen LogP contribution in [-0.4, -0.2) is 24.6 Å². The molecule has 2 heterocycles. The van der Waals surface area contributed by atoms with E-state index >= 15 is 0 Å². The van der Waals surface area contributed by atoms with Gasteiger partial charge in [0, 0.05) is 6.54 Å². The molecule has 0 aliphatic rings. The van der Waals surface area contributed by atoms with Gasteiger partial charge in [-0.1, -0.05) is 56.3 Å². The molecule has 11 heteroatoms. The van der Waals surface area contributed by atoms with E-state index in [0.29, 0.717) is 6.54 Å². The molecule has 0 aliphatic carbocycles. The number of anilines is 1. The van der Waals surface area contributed by atoms with E-state index in [1.54, 1.807) is 28.8 Å². The molecular formula is C25H24F3N5O3. The molecule has 0 fully saturated rings. The maximum atomic E-state index is 13.4. The molecule has 0 bridgehead atoms. The van der Waals surface area contributed by atoms with Crippen molar-refractivity contribution in [3.63, 3.8) is 0 Å². The molecule has 0 unspecified atom stereocenters. The van der Waals surface area contributed by atoms with Crippen LogP contribution in [0.25, 0.3) is 11.2 Å². The monoisotopic (exact) mass is 499 g/mol. The smallest absolute Gasteiger partial charge is 0.324 e. The van der Waals surface area contributed by atoms with Gasteiger partial charge in [-0.25, -0.2) is 14.3 Å². The van der Waals surface area contributed by atoms with Gasteiger partial charge in [0.1, 0.15) is 6.54 Å². The number of benzene rings is 2. The van der Waals surface area contributed by atoms with Gasteiger partial charge in [-0.15, -0.1) is 0 Å². The molecule has 0 spiro atoms. The Labute approximate surface area is 203 Å². The quantitative estimate of drug-likeness (QED) is 0.420. The average Bonchev–Trinajstić information content (AvgIpc) is 3.22. The number of halogens is 3. The Bertz CT molecular complexity index is 1520. The van der Waals surface area contributed by atoms with Crippen LogP contribution in [0.2, 0.25) is 0 Å². The number of alkyl halides is 3. The van der Waals surface area contributed by atoms with Gasteiger partial charge in [-0.2, -0.15) is 13.2 Å². The maximum Gasteiger partial charge on any atom is 0.418 e. The van der Waals surface area contributed by atoms with Gasteiger partial charge in [-0.05, 0) is 23.6 Å². The van der Waals surface area contributed by atoms with E-state index in [0.717, 1.165) is 22.3 Å². The van der Waals surface area contributed by atoms with Crippen LogP contribution in [-0.2, 0) is 30.6 Å². The lowest BCUT2D eigenvalue weighted by atomic mass is 10.1. The molecule has 0 aliphatic heterocycles. The summed E-state index contributed by atoms with van der Waals surface area (Å²) in [5.41, 5.74) is -1.93. The predicted molar refractivity (Wildman–Crippen MR) is 129 cm³/mol. The third-order valence-electron chi connectivity index (χ3n) is 5.54. The normalized spacial score (nSPS) is 11.8. The number of carbonyl (C=O) groups excluding carboxylic acids is 1. The highest BCUT2D eigenvalue weighted by Gasteiger charge is 2.33. The summed E-state index contributed by atoms with van der Waals surface area (Å²) >= 11 is 0. The number of carbonyl (C=O) groups is 1. The number of amides is 1. The largest absolute Gasteiger partial charge is 0.418 e. The highest BCUT2D eigenvalue weighted by atomic mass is 19.4. The van der Waals surface area contributed by atoms with Crippen molar-refractivity contribution in [1.82, 2.24) is 18.7 Å². The van der Waals surface area contributed by atoms with Gasteiger partial charge in [-0.3, -0.25) is 14.2 Å². The Balaban J connectivity index is 1.79. The lowest BCUT2D eigenvalue weighted by Gasteiger charge is -2.15. The number of nitrogens with one attached hydrogen (secondary N) is 1. The number of imidazole rings is 1. The fourth-order valence-electron chi connectivity index (χ4n) is 3.99. The second-order valence-electron chi connectivity index (χ2n) is 8.80. The van der Waals surface area contributed by atoms with Gasteiger partial charge in [0.25, 0.3) is 5.56 Å². The van der Waals surface area contributed by atoms with Crippen molar-refractivity contribution in [2.75, 3.05) is 5.32 Å². The molecule has 0 atom stereocenters. The molecule has 4 rings (SSSR count). The van der Waals surface area contributed by atoms with Gasteiger partial charge in [0.2, 0.25) is 5.91 Å². The van der Waals surface area contributed by atoms with E-state index in [1.807, 2.05) is 19.9 Å². The van der Waals surface area contributed by atoms with Crippen molar-refractivity contribution in [2.24, 2.45) is 5.92 Å². The molecule has 36 heavy (non-hydrogen) atoms. The molecule has 1 N–H and O–H groups in total. The summed E-state index contributed by atoms with van der Waals surface area (Å²) in [7, 11) is 0. The first kappa shape index (κ1) is 25.0. The van der Waals surface area contributed by atoms with E-state index in [9.17, 15) is 27.6 Å². The zero-order valence-electron chi connectivity index (χ0n) is 19.6. The molecule has 0 saturated heterocycles. The fraction of sp³-hybridized carbons (Fsp3) is 0.280. The van der Waals surface area contributed by atoms with Crippen LogP contribution < -0.4 is 16.6 Å². The third-order valence-corrected chi connectivity index (χ3v) is 5.54. The van der Waals surface area contributed by atoms with Gasteiger partial charge in [0.15, 0.2) is 11.2 Å². The second kappa shape index (κ2) is 9.84. The average molecular weight is 499 g/mol. The van der Waals surface area contributed by atoms with E-state index in [1.165, 1.54) is 23.0 Å². The fourth-order valence-corrected chi connectivity index (χ4v) is 3.99. The minimum Gasteiger partial charge on any atom is -0.324 e. The van der Waals surface area contributed by atoms with Crippen LogP contribution in [0.3, 0.4) is 0 Å². The van der Waals surface area contributed by atoms with Crippen LogP contribution in [0.1, 0.15) is 25.0 Å². The molecule has 8 nitrogen and oxygen atoms in total. The highest BCUT2D eigenvalue weighted by Crippen LogP contribution is 2.34. The van der Waals surface area contributed by atoms with E-state index in [4.69, 9.17) is 0 Å². The summed E-state index contributed by atoms with van der Waals surface area (Å²) in [6.45, 7) is 3.68. The summed E-state index contributed by atoms with van der Waals surface area (Å²) in [6, 6.07) is 13.5. The predicted octanol–water partition coefficient (Wildman–Crippen LogP) is 3.72. The Hall–Kier alpha value is -4.15. The molecule has 4 aromatic rings. The molecule has 188 valence electrons. The van der Waals surface area contributed by atoms with Crippen molar-refractivity contribution in [2.45, 2.75) is 39.7 Å². The summed E-state index contributed by atoms with van der Waals surface area (Å²) in [5, 5.41) is 2.19. The van der Waals surface area contributed by atoms with Crippen LogP contribution >= 0.6 is 0 Å². The Morgan fingerprint density at radius 1 is 1.00 bits per heavy atom. The minimum absolute atomic E-state index is 0.0909. The highest BCUT2D eigenvalue weighted by molar-refractivity contribution is 5.91. The first-order valence-corrected chi connectivity index (χ1v) is 11.2. The van der Waals surface area contributed by atoms with Crippen LogP contribution in [0.5, 0.6) is 0 Å². The molecule has 1 amide bonds. The Kier molecular flexibility index (Phi) is 6.82. The molecule has 0 radical (unpaired) electrons. The van der Waals surface area contributed by atoms with E-state index < -0.39 is 41.1 Å². The van der Waals surface area contributed by atoms with Gasteiger partial charge < -0.3 is 9.88 Å². The zero-order chi connectivity index (χ0) is 26.0. The van der Waals surface area contributed by atoms with Gasteiger partial charge in [0.05, 0.1) is 24.1 Å². The zero-order valence-corrected chi connectivity index (χ0v) is 19.6. The number of hydrogen-bond donors (Lipinski definition) is 1.